The van der Waals surface area contributed by atoms with Gasteiger partial charge in [0.15, 0.2) is 0 Å². The molecule has 0 saturated carbocycles. The SMILES string of the molecule is C=C([C@@H](NC(=O)OC)C(C)C)N1CCC[C@H]1c1ncc(C#Cc2ccc(C#Cc3cnc([C@@H]4CCCN4C(=O)[C@@H](NC(=O)OC)C(C)C)[nH]3)cc2)[nH]1. The average Bonchev–Trinajstić information content (AvgIpc) is 3.97. The Bertz CT molecular complexity index is 1740. The molecule has 2 aliphatic heterocycles. The number of hydrogen-bond donors (Lipinski definition) is 4. The number of aromatic amines is 2. The minimum Gasteiger partial charge on any atom is -0.453 e. The van der Waals surface area contributed by atoms with E-state index in [4.69, 9.17) is 9.47 Å². The Hall–Kier alpha value is -5.69. The number of imidazole rings is 2. The topological polar surface area (TPSA) is 158 Å². The summed E-state index contributed by atoms with van der Waals surface area (Å²) in [4.78, 5) is 57.1. The predicted molar refractivity (Wildman–Crippen MR) is 195 cm³/mol. The van der Waals surface area contributed by atoms with Crippen molar-refractivity contribution in [3.63, 3.8) is 0 Å². The van der Waals surface area contributed by atoms with Gasteiger partial charge in [0.1, 0.15) is 29.1 Å². The van der Waals surface area contributed by atoms with Gasteiger partial charge in [-0.15, -0.1) is 0 Å². The zero-order valence-electron chi connectivity index (χ0n) is 30.7. The van der Waals surface area contributed by atoms with Gasteiger partial charge in [-0.1, -0.05) is 46.1 Å². The van der Waals surface area contributed by atoms with E-state index in [2.05, 4.69) is 65.7 Å². The Kier molecular flexibility index (Phi) is 12.3. The molecule has 13 nitrogen and oxygen atoms in total. The van der Waals surface area contributed by atoms with Crippen molar-refractivity contribution in [2.75, 3.05) is 27.3 Å². The molecule has 4 N–H and O–H groups in total. The molecule has 4 atom stereocenters. The Morgan fingerprint density at radius 3 is 1.65 bits per heavy atom. The first kappa shape index (κ1) is 37.6. The van der Waals surface area contributed by atoms with Crippen molar-refractivity contribution in [2.45, 2.75) is 77.5 Å². The zero-order chi connectivity index (χ0) is 37.4. The maximum Gasteiger partial charge on any atom is 0.407 e. The van der Waals surface area contributed by atoms with Gasteiger partial charge in [-0.05, 0) is 73.6 Å². The van der Waals surface area contributed by atoms with Crippen LogP contribution < -0.4 is 10.6 Å². The van der Waals surface area contributed by atoms with E-state index in [-0.39, 0.29) is 35.9 Å². The third-order valence-electron chi connectivity index (χ3n) is 9.42. The first-order valence-electron chi connectivity index (χ1n) is 17.7. The number of H-pyrrole nitrogens is 2. The van der Waals surface area contributed by atoms with Gasteiger partial charge in [-0.25, -0.2) is 19.6 Å². The summed E-state index contributed by atoms with van der Waals surface area (Å²) in [5.41, 5.74) is 3.84. The van der Waals surface area contributed by atoms with Crippen LogP contribution in [0.4, 0.5) is 9.59 Å². The summed E-state index contributed by atoms with van der Waals surface area (Å²) in [5.74, 6) is 14.0. The van der Waals surface area contributed by atoms with Crippen LogP contribution in [0.25, 0.3) is 0 Å². The normalized spacial score (nSPS) is 17.8. The molecular formula is C39H48N8O5. The van der Waals surface area contributed by atoms with Crippen molar-refractivity contribution in [1.29, 1.82) is 0 Å². The summed E-state index contributed by atoms with van der Waals surface area (Å²) < 4.78 is 9.56. The molecular weight excluding hydrogens is 660 g/mol. The van der Waals surface area contributed by atoms with Crippen molar-refractivity contribution in [3.8, 4) is 23.7 Å². The lowest BCUT2D eigenvalue weighted by molar-refractivity contribution is -0.135. The summed E-state index contributed by atoms with van der Waals surface area (Å²) in [7, 11) is 2.64. The molecule has 2 saturated heterocycles. The number of carbonyl (C=O) groups excluding carboxylic acids is 3. The van der Waals surface area contributed by atoms with Crippen LogP contribution in [-0.4, -0.2) is 87.2 Å². The van der Waals surface area contributed by atoms with Gasteiger partial charge in [0, 0.05) is 29.9 Å². The van der Waals surface area contributed by atoms with E-state index in [1.165, 1.54) is 14.2 Å². The van der Waals surface area contributed by atoms with Gasteiger partial charge in [0.05, 0.1) is 44.7 Å². The van der Waals surface area contributed by atoms with Crippen LogP contribution in [0.2, 0.25) is 0 Å². The van der Waals surface area contributed by atoms with Gasteiger partial charge in [0.2, 0.25) is 5.91 Å². The molecule has 3 amide bonds. The van der Waals surface area contributed by atoms with Crippen LogP contribution in [0.3, 0.4) is 0 Å². The first-order chi connectivity index (χ1) is 25.0. The lowest BCUT2D eigenvalue weighted by Crippen LogP contribution is -2.51. The highest BCUT2D eigenvalue weighted by Crippen LogP contribution is 2.35. The van der Waals surface area contributed by atoms with E-state index in [9.17, 15) is 14.4 Å². The van der Waals surface area contributed by atoms with Crippen LogP contribution in [-0.2, 0) is 14.3 Å². The molecule has 0 radical (unpaired) electrons. The number of likely N-dealkylation sites (tertiary alicyclic amines) is 2. The number of methoxy groups -OCH3 is 2. The van der Waals surface area contributed by atoms with Gasteiger partial charge in [-0.3, -0.25) is 4.79 Å². The molecule has 13 heteroatoms. The fraction of sp³-hybridized carbons (Fsp3) is 0.462. The standard InChI is InChI=1S/C39H48N8O5/c1-24(2)33(44-38(49)51-6)26(5)46-20-8-10-31(46)35-40-22-29(42-35)18-16-27-12-14-28(15-13-27)17-19-30-23-41-36(43-30)32-11-9-21-47(32)37(48)34(25(3)4)45-39(50)52-7/h12-15,22-25,31-34H,5,8-11,20-21H2,1-4,6-7H3,(H,40,42)(H,41,43)(H,44,49)(H,45,50)/t31-,32-,33-,34-/m0/s1. The Morgan fingerprint density at radius 2 is 1.19 bits per heavy atom. The van der Waals surface area contributed by atoms with Gasteiger partial charge < -0.3 is 39.9 Å². The van der Waals surface area contributed by atoms with Gasteiger partial charge in [0.25, 0.3) is 0 Å². The first-order valence-corrected chi connectivity index (χ1v) is 17.7. The Morgan fingerprint density at radius 1 is 0.750 bits per heavy atom. The number of hydrogen-bond acceptors (Lipinski definition) is 8. The van der Waals surface area contributed by atoms with E-state index < -0.39 is 18.2 Å². The summed E-state index contributed by atoms with van der Waals surface area (Å²) >= 11 is 0. The van der Waals surface area contributed by atoms with E-state index in [1.54, 1.807) is 17.3 Å². The van der Waals surface area contributed by atoms with Gasteiger partial charge >= 0.3 is 12.2 Å². The number of carbonyl (C=O) groups is 3. The number of alkyl carbamates (subject to hydrolysis) is 2. The van der Waals surface area contributed by atoms with Crippen molar-refractivity contribution >= 4 is 18.1 Å². The summed E-state index contributed by atoms with van der Waals surface area (Å²) in [6.45, 7) is 13.6. The number of amides is 3. The van der Waals surface area contributed by atoms with Gasteiger partial charge in [-0.2, -0.15) is 0 Å². The van der Waals surface area contributed by atoms with Crippen LogP contribution in [0.5, 0.6) is 0 Å². The summed E-state index contributed by atoms with van der Waals surface area (Å²) in [6.07, 6.45) is 5.82. The highest BCUT2D eigenvalue weighted by atomic mass is 16.5. The number of benzene rings is 1. The Balaban J connectivity index is 1.20. The average molecular weight is 709 g/mol. The number of nitrogens with zero attached hydrogens (tertiary/aromatic N) is 4. The lowest BCUT2D eigenvalue weighted by Gasteiger charge is -2.34. The van der Waals surface area contributed by atoms with E-state index >= 15 is 0 Å². The maximum atomic E-state index is 13.4. The second-order valence-corrected chi connectivity index (χ2v) is 13.7. The molecule has 5 rings (SSSR count). The number of aromatic nitrogens is 4. The third-order valence-corrected chi connectivity index (χ3v) is 9.42. The number of rotatable bonds is 9. The van der Waals surface area contributed by atoms with Crippen molar-refractivity contribution in [2.24, 2.45) is 11.8 Å². The van der Waals surface area contributed by atoms with Crippen molar-refractivity contribution < 1.29 is 23.9 Å². The van der Waals surface area contributed by atoms with Crippen LogP contribution in [0, 0.1) is 35.5 Å². The molecule has 0 aliphatic carbocycles. The van der Waals surface area contributed by atoms with E-state index in [1.807, 2.05) is 52.0 Å². The molecule has 0 bridgehead atoms. The molecule has 274 valence electrons. The minimum absolute atomic E-state index is 0.0136. The fourth-order valence-corrected chi connectivity index (χ4v) is 6.64. The second kappa shape index (κ2) is 17.0. The fourth-order valence-electron chi connectivity index (χ4n) is 6.64. The van der Waals surface area contributed by atoms with Crippen molar-refractivity contribution in [3.05, 3.63) is 83.1 Å². The highest BCUT2D eigenvalue weighted by Gasteiger charge is 2.37. The smallest absolute Gasteiger partial charge is 0.407 e. The number of ether oxygens (including phenoxy) is 2. The maximum absolute atomic E-state index is 13.4. The van der Waals surface area contributed by atoms with Crippen LogP contribution in [0.15, 0.2) is 48.9 Å². The van der Waals surface area contributed by atoms with Crippen molar-refractivity contribution in [1.82, 2.24) is 40.4 Å². The monoisotopic (exact) mass is 708 g/mol. The van der Waals surface area contributed by atoms with Crippen LogP contribution >= 0.6 is 0 Å². The largest absolute Gasteiger partial charge is 0.453 e. The molecule has 3 aromatic rings. The molecule has 2 aromatic heterocycles. The molecule has 2 aliphatic rings. The molecule has 52 heavy (non-hydrogen) atoms. The summed E-state index contributed by atoms with van der Waals surface area (Å²) in [5, 5.41) is 5.58. The van der Waals surface area contributed by atoms with Crippen LogP contribution in [0.1, 0.15) is 99.6 Å². The molecule has 1 aromatic carbocycles. The highest BCUT2D eigenvalue weighted by molar-refractivity contribution is 5.86. The third kappa shape index (κ3) is 8.96. The quantitative estimate of drug-likeness (QED) is 0.226. The lowest BCUT2D eigenvalue weighted by atomic mass is 10.00. The minimum atomic E-state index is -0.692. The van der Waals surface area contributed by atoms with E-state index in [0.717, 1.165) is 54.9 Å². The summed E-state index contributed by atoms with van der Waals surface area (Å²) in [6, 6.07) is 6.52. The molecule has 0 unspecified atom stereocenters. The Labute approximate surface area is 305 Å². The number of nitrogens with one attached hydrogen (secondary N) is 4. The predicted octanol–water partition coefficient (Wildman–Crippen LogP) is 5.01. The molecule has 0 spiro atoms. The molecule has 4 heterocycles. The molecule has 2 fully saturated rings. The van der Waals surface area contributed by atoms with E-state index in [0.29, 0.717) is 23.8 Å². The zero-order valence-corrected chi connectivity index (χ0v) is 30.7. The second-order valence-electron chi connectivity index (χ2n) is 13.7.